The number of methoxy groups -OCH3 is 1. The zero-order chi connectivity index (χ0) is 20.2. The number of aliphatic hydroxyl groups is 1. The third kappa shape index (κ3) is 3.88. The van der Waals surface area contributed by atoms with Gasteiger partial charge in [-0.2, -0.15) is 0 Å². The van der Waals surface area contributed by atoms with Crippen LogP contribution in [0.1, 0.15) is 17.2 Å². The Kier molecular flexibility index (Phi) is 5.60. The van der Waals surface area contributed by atoms with Crippen molar-refractivity contribution >= 4 is 11.6 Å². The number of benzene rings is 3. The van der Waals surface area contributed by atoms with E-state index in [2.05, 4.69) is 0 Å². The summed E-state index contributed by atoms with van der Waals surface area (Å²) in [4.78, 5) is 14.5. The second-order valence-electron chi connectivity index (χ2n) is 6.97. The molecule has 5 heteroatoms. The molecular weight excluding hydrogens is 366 g/mol. The van der Waals surface area contributed by atoms with E-state index in [0.717, 1.165) is 11.1 Å². The summed E-state index contributed by atoms with van der Waals surface area (Å²) in [7, 11) is 1.60. The molecule has 0 bridgehead atoms. The number of hydrogen-bond donors (Lipinski definition) is 1. The molecule has 0 aliphatic carbocycles. The second kappa shape index (κ2) is 8.47. The lowest BCUT2D eigenvalue weighted by molar-refractivity contribution is -0.149. The normalized spacial score (nSPS) is 19.5. The summed E-state index contributed by atoms with van der Waals surface area (Å²) in [5.74, 6) is 0.546. The van der Waals surface area contributed by atoms with Crippen molar-refractivity contribution in [3.8, 4) is 5.75 Å². The van der Waals surface area contributed by atoms with Crippen LogP contribution in [-0.2, 0) is 16.1 Å². The highest BCUT2D eigenvalue weighted by Gasteiger charge is 2.52. The Morgan fingerprint density at radius 1 is 0.931 bits per heavy atom. The maximum Gasteiger partial charge on any atom is 0.258 e. The highest BCUT2D eigenvalue weighted by molar-refractivity contribution is 6.05. The van der Waals surface area contributed by atoms with E-state index >= 15 is 0 Å². The van der Waals surface area contributed by atoms with Crippen LogP contribution in [0.15, 0.2) is 84.9 Å². The van der Waals surface area contributed by atoms with Gasteiger partial charge in [0.05, 0.1) is 13.7 Å². The summed E-state index contributed by atoms with van der Waals surface area (Å²) < 4.78 is 11.2. The SMILES string of the molecule is COc1ccc(N2C(=O)[C@H](OCc3ccccc3)[C@@H]2[C@H](O)c2ccccc2)cc1. The molecule has 0 spiro atoms. The van der Waals surface area contributed by atoms with Crippen LogP contribution in [0, 0.1) is 0 Å². The predicted octanol–water partition coefficient (Wildman–Crippen LogP) is 3.73. The topological polar surface area (TPSA) is 59.0 Å². The Bertz CT molecular complexity index is 944. The van der Waals surface area contributed by atoms with Crippen LogP contribution in [0.25, 0.3) is 0 Å². The van der Waals surface area contributed by atoms with Crippen molar-refractivity contribution in [2.75, 3.05) is 12.0 Å². The molecule has 1 heterocycles. The number of anilines is 1. The van der Waals surface area contributed by atoms with Crippen LogP contribution >= 0.6 is 0 Å². The Labute approximate surface area is 170 Å². The van der Waals surface area contributed by atoms with Crippen LogP contribution in [0.2, 0.25) is 0 Å². The van der Waals surface area contributed by atoms with Crippen LogP contribution in [0.5, 0.6) is 5.75 Å². The smallest absolute Gasteiger partial charge is 0.258 e. The minimum Gasteiger partial charge on any atom is -0.497 e. The van der Waals surface area contributed by atoms with Crippen molar-refractivity contribution in [1.29, 1.82) is 0 Å². The van der Waals surface area contributed by atoms with E-state index in [1.807, 2.05) is 72.8 Å². The maximum atomic E-state index is 12.9. The molecule has 0 saturated carbocycles. The lowest BCUT2D eigenvalue weighted by atomic mass is 9.87. The first kappa shape index (κ1) is 19.2. The number of amides is 1. The predicted molar refractivity (Wildman–Crippen MR) is 111 cm³/mol. The second-order valence-corrected chi connectivity index (χ2v) is 6.97. The minimum absolute atomic E-state index is 0.161. The van der Waals surface area contributed by atoms with Gasteiger partial charge in [-0.15, -0.1) is 0 Å². The van der Waals surface area contributed by atoms with Gasteiger partial charge in [-0.1, -0.05) is 60.7 Å². The van der Waals surface area contributed by atoms with Gasteiger partial charge >= 0.3 is 0 Å². The van der Waals surface area contributed by atoms with Crippen molar-refractivity contribution in [3.05, 3.63) is 96.1 Å². The van der Waals surface area contributed by atoms with Gasteiger partial charge in [0.2, 0.25) is 0 Å². The molecule has 3 aromatic carbocycles. The number of hydrogen-bond acceptors (Lipinski definition) is 4. The summed E-state index contributed by atoms with van der Waals surface area (Å²) in [5.41, 5.74) is 2.43. The van der Waals surface area contributed by atoms with Gasteiger partial charge < -0.3 is 19.5 Å². The molecular formula is C24H23NO4. The van der Waals surface area contributed by atoms with E-state index in [4.69, 9.17) is 9.47 Å². The molecule has 1 aliphatic heterocycles. The van der Waals surface area contributed by atoms with E-state index in [9.17, 15) is 9.90 Å². The first-order valence-corrected chi connectivity index (χ1v) is 9.54. The summed E-state index contributed by atoms with van der Waals surface area (Å²) in [6, 6.07) is 25.8. The van der Waals surface area contributed by atoms with Crippen molar-refractivity contribution in [1.82, 2.24) is 0 Å². The van der Waals surface area contributed by atoms with Crippen LogP contribution < -0.4 is 9.64 Å². The Morgan fingerprint density at radius 3 is 2.17 bits per heavy atom. The van der Waals surface area contributed by atoms with Gasteiger partial charge in [0.15, 0.2) is 6.10 Å². The number of carbonyl (C=O) groups is 1. The molecule has 0 aromatic heterocycles. The molecule has 1 amide bonds. The molecule has 4 rings (SSSR count). The number of ether oxygens (including phenoxy) is 2. The molecule has 3 atom stereocenters. The number of rotatable bonds is 7. The van der Waals surface area contributed by atoms with Crippen LogP contribution in [-0.4, -0.2) is 30.3 Å². The highest BCUT2D eigenvalue weighted by Crippen LogP contribution is 2.38. The van der Waals surface area contributed by atoms with Crippen molar-refractivity contribution in [2.45, 2.75) is 24.9 Å². The summed E-state index contributed by atoms with van der Waals surface area (Å²) in [5, 5.41) is 11.1. The first-order valence-electron chi connectivity index (χ1n) is 9.54. The van der Waals surface area contributed by atoms with E-state index < -0.39 is 18.2 Å². The zero-order valence-electron chi connectivity index (χ0n) is 16.1. The lowest BCUT2D eigenvalue weighted by Gasteiger charge is -2.48. The minimum atomic E-state index is -0.864. The van der Waals surface area contributed by atoms with Crippen molar-refractivity contribution in [3.63, 3.8) is 0 Å². The number of carbonyl (C=O) groups excluding carboxylic acids is 1. The number of β-lactam (4-membered cyclic amide) rings is 1. The van der Waals surface area contributed by atoms with E-state index in [-0.39, 0.29) is 5.91 Å². The summed E-state index contributed by atoms with van der Waals surface area (Å²) >= 11 is 0. The number of nitrogens with zero attached hydrogens (tertiary/aromatic N) is 1. The van der Waals surface area contributed by atoms with Crippen molar-refractivity contribution in [2.24, 2.45) is 0 Å². The van der Waals surface area contributed by atoms with E-state index in [0.29, 0.717) is 18.0 Å². The maximum absolute atomic E-state index is 12.9. The average Bonchev–Trinajstić information content (AvgIpc) is 2.78. The first-order chi connectivity index (χ1) is 14.2. The summed E-state index contributed by atoms with van der Waals surface area (Å²) in [6.45, 7) is 0.311. The fourth-order valence-electron chi connectivity index (χ4n) is 3.61. The van der Waals surface area contributed by atoms with Gasteiger partial charge in [0.25, 0.3) is 5.91 Å². The van der Waals surface area contributed by atoms with Gasteiger partial charge in [0.1, 0.15) is 17.9 Å². The van der Waals surface area contributed by atoms with Crippen molar-refractivity contribution < 1.29 is 19.4 Å². The Balaban J connectivity index is 1.59. The van der Waals surface area contributed by atoms with Gasteiger partial charge in [-0.05, 0) is 35.4 Å². The third-order valence-electron chi connectivity index (χ3n) is 5.18. The van der Waals surface area contributed by atoms with E-state index in [1.54, 1.807) is 24.1 Å². The molecule has 1 N–H and O–H groups in total. The Hall–Kier alpha value is -3.15. The summed E-state index contributed by atoms with van der Waals surface area (Å²) in [6.07, 6.45) is -1.58. The fraction of sp³-hybridized carbons (Fsp3) is 0.208. The third-order valence-corrected chi connectivity index (χ3v) is 5.18. The van der Waals surface area contributed by atoms with Crippen LogP contribution in [0.3, 0.4) is 0 Å². The molecule has 0 radical (unpaired) electrons. The van der Waals surface area contributed by atoms with Gasteiger partial charge in [0, 0.05) is 5.69 Å². The molecule has 1 fully saturated rings. The molecule has 1 saturated heterocycles. The molecule has 29 heavy (non-hydrogen) atoms. The van der Waals surface area contributed by atoms with Gasteiger partial charge in [-0.3, -0.25) is 4.79 Å². The Morgan fingerprint density at radius 2 is 1.55 bits per heavy atom. The molecule has 148 valence electrons. The molecule has 5 nitrogen and oxygen atoms in total. The quantitative estimate of drug-likeness (QED) is 0.626. The molecule has 0 unspecified atom stereocenters. The molecule has 1 aliphatic rings. The van der Waals surface area contributed by atoms with E-state index in [1.165, 1.54) is 0 Å². The van der Waals surface area contributed by atoms with Crippen LogP contribution in [0.4, 0.5) is 5.69 Å². The number of aliphatic hydroxyl groups excluding tert-OH is 1. The van der Waals surface area contributed by atoms with Gasteiger partial charge in [-0.25, -0.2) is 0 Å². The monoisotopic (exact) mass is 389 g/mol. The zero-order valence-corrected chi connectivity index (χ0v) is 16.1. The average molecular weight is 389 g/mol. The standard InChI is InChI=1S/C24H23NO4/c1-28-20-14-12-19(13-15-20)25-21(22(26)18-10-6-3-7-11-18)23(24(25)27)29-16-17-8-4-2-5-9-17/h2-15,21-23,26H,16H2,1H3/t21-,22+,23+/m0/s1. The largest absolute Gasteiger partial charge is 0.497 e. The molecule has 3 aromatic rings. The fourth-order valence-corrected chi connectivity index (χ4v) is 3.61. The highest BCUT2D eigenvalue weighted by atomic mass is 16.5. The lowest BCUT2D eigenvalue weighted by Crippen LogP contribution is -2.68.